The van der Waals surface area contributed by atoms with Gasteiger partial charge in [-0.3, -0.25) is 4.79 Å². The van der Waals surface area contributed by atoms with Crippen molar-refractivity contribution < 1.29 is 14.6 Å². The first-order chi connectivity index (χ1) is 10.2. The summed E-state index contributed by atoms with van der Waals surface area (Å²) in [6.45, 7) is 0. The van der Waals surface area contributed by atoms with E-state index in [4.69, 9.17) is 4.74 Å². The Morgan fingerprint density at radius 1 is 1.24 bits per heavy atom. The predicted octanol–water partition coefficient (Wildman–Crippen LogP) is 3.77. The molecule has 0 saturated heterocycles. The highest BCUT2D eigenvalue weighted by Crippen LogP contribution is 2.34. The Labute approximate surface area is 127 Å². The monoisotopic (exact) mass is 298 g/mol. The Morgan fingerprint density at radius 3 is 2.81 bits per heavy atom. The number of hydrogen-bond donors (Lipinski definition) is 1. The van der Waals surface area contributed by atoms with Gasteiger partial charge in [0.1, 0.15) is 0 Å². The van der Waals surface area contributed by atoms with Crippen molar-refractivity contribution >= 4 is 23.6 Å². The molecule has 0 amide bonds. The standard InChI is InChI=1S/C17H14O3S/c1-20-15-7-6-11(9-14(15)18)8-12-10-21-16-5-3-2-4-13(16)17(12)19/h2-9,18H,10H2,1H3/b12-8+. The maximum absolute atomic E-state index is 12.5. The number of carbonyl (C=O) groups excluding carboxylic acids is 1. The van der Waals surface area contributed by atoms with Crippen LogP contribution < -0.4 is 4.74 Å². The minimum Gasteiger partial charge on any atom is -0.504 e. The number of thioether (sulfide) groups is 1. The Hall–Kier alpha value is -2.20. The quantitative estimate of drug-likeness (QED) is 0.857. The number of benzene rings is 2. The lowest BCUT2D eigenvalue weighted by atomic mass is 10.0. The van der Waals surface area contributed by atoms with Crippen LogP contribution in [0.5, 0.6) is 11.5 Å². The highest BCUT2D eigenvalue weighted by molar-refractivity contribution is 7.99. The molecule has 0 saturated carbocycles. The van der Waals surface area contributed by atoms with Crippen molar-refractivity contribution in [1.82, 2.24) is 0 Å². The number of Topliss-reactive ketones (excluding diaryl/α,β-unsaturated/α-hetero) is 1. The fourth-order valence-corrected chi connectivity index (χ4v) is 3.30. The zero-order chi connectivity index (χ0) is 14.8. The van der Waals surface area contributed by atoms with Crippen molar-refractivity contribution in [2.45, 2.75) is 4.90 Å². The lowest BCUT2D eigenvalue weighted by molar-refractivity contribution is 0.103. The molecule has 2 aromatic rings. The zero-order valence-corrected chi connectivity index (χ0v) is 12.3. The smallest absolute Gasteiger partial charge is 0.191 e. The molecule has 21 heavy (non-hydrogen) atoms. The van der Waals surface area contributed by atoms with Gasteiger partial charge < -0.3 is 9.84 Å². The number of methoxy groups -OCH3 is 1. The third-order valence-corrected chi connectivity index (χ3v) is 4.47. The van der Waals surface area contributed by atoms with Gasteiger partial charge in [-0.25, -0.2) is 0 Å². The molecule has 106 valence electrons. The molecule has 1 aliphatic rings. The average molecular weight is 298 g/mol. The minimum absolute atomic E-state index is 0.0552. The summed E-state index contributed by atoms with van der Waals surface area (Å²) in [5.74, 6) is 1.19. The van der Waals surface area contributed by atoms with E-state index in [0.29, 0.717) is 11.5 Å². The summed E-state index contributed by atoms with van der Waals surface area (Å²) in [6.07, 6.45) is 1.82. The SMILES string of the molecule is COc1ccc(/C=C2\CSc3ccccc3C2=O)cc1O. The number of rotatable bonds is 2. The molecule has 0 bridgehead atoms. The Balaban J connectivity index is 1.95. The molecule has 3 rings (SSSR count). The molecule has 1 N–H and O–H groups in total. The molecule has 0 spiro atoms. The van der Waals surface area contributed by atoms with Gasteiger partial charge in [0.15, 0.2) is 17.3 Å². The Kier molecular flexibility index (Phi) is 3.71. The molecule has 2 aromatic carbocycles. The van der Waals surface area contributed by atoms with Gasteiger partial charge >= 0.3 is 0 Å². The number of hydrogen-bond acceptors (Lipinski definition) is 4. The summed E-state index contributed by atoms with van der Waals surface area (Å²) in [4.78, 5) is 13.5. The number of carbonyl (C=O) groups is 1. The third kappa shape index (κ3) is 2.67. The largest absolute Gasteiger partial charge is 0.504 e. The summed E-state index contributed by atoms with van der Waals surface area (Å²) in [5.41, 5.74) is 2.28. The van der Waals surface area contributed by atoms with E-state index < -0.39 is 0 Å². The van der Waals surface area contributed by atoms with Gasteiger partial charge in [-0.1, -0.05) is 18.2 Å². The van der Waals surface area contributed by atoms with Crippen molar-refractivity contribution in [3.8, 4) is 11.5 Å². The molecule has 0 fully saturated rings. The van der Waals surface area contributed by atoms with E-state index in [1.165, 1.54) is 7.11 Å². The summed E-state index contributed by atoms with van der Waals surface area (Å²) in [5, 5.41) is 9.80. The van der Waals surface area contributed by atoms with E-state index in [-0.39, 0.29) is 11.5 Å². The van der Waals surface area contributed by atoms with Gasteiger partial charge in [-0.2, -0.15) is 0 Å². The summed E-state index contributed by atoms with van der Waals surface area (Å²) in [7, 11) is 1.51. The van der Waals surface area contributed by atoms with Gasteiger partial charge in [-0.05, 0) is 35.9 Å². The lowest BCUT2D eigenvalue weighted by Gasteiger charge is -2.16. The maximum Gasteiger partial charge on any atom is 0.191 e. The average Bonchev–Trinajstić information content (AvgIpc) is 2.51. The summed E-state index contributed by atoms with van der Waals surface area (Å²) < 4.78 is 5.02. The van der Waals surface area contributed by atoms with Crippen molar-refractivity contribution in [2.75, 3.05) is 12.9 Å². The topological polar surface area (TPSA) is 46.5 Å². The molecule has 0 radical (unpaired) electrons. The lowest BCUT2D eigenvalue weighted by Crippen LogP contribution is -2.11. The molecule has 4 heteroatoms. The van der Waals surface area contributed by atoms with E-state index in [1.54, 1.807) is 23.9 Å². The van der Waals surface area contributed by atoms with Gasteiger partial charge in [-0.15, -0.1) is 11.8 Å². The van der Waals surface area contributed by atoms with Crippen LogP contribution in [0.3, 0.4) is 0 Å². The number of aromatic hydroxyl groups is 1. The van der Waals surface area contributed by atoms with Crippen LogP contribution in [0.15, 0.2) is 52.9 Å². The van der Waals surface area contributed by atoms with Gasteiger partial charge in [0.2, 0.25) is 0 Å². The molecule has 1 heterocycles. The number of ether oxygens (including phenoxy) is 1. The van der Waals surface area contributed by atoms with Crippen LogP contribution in [0.25, 0.3) is 6.08 Å². The number of ketones is 1. The van der Waals surface area contributed by atoms with Crippen LogP contribution in [0.2, 0.25) is 0 Å². The van der Waals surface area contributed by atoms with Crippen molar-refractivity contribution in [1.29, 1.82) is 0 Å². The summed E-state index contributed by atoms with van der Waals surface area (Å²) in [6, 6.07) is 12.7. The van der Waals surface area contributed by atoms with Crippen LogP contribution in [-0.2, 0) is 0 Å². The number of fused-ring (bicyclic) bond motifs is 1. The molecular weight excluding hydrogens is 284 g/mol. The molecule has 0 aliphatic carbocycles. The predicted molar refractivity (Wildman–Crippen MR) is 84.1 cm³/mol. The molecule has 0 atom stereocenters. The minimum atomic E-state index is 0.0552. The Morgan fingerprint density at radius 2 is 2.05 bits per heavy atom. The normalized spacial score (nSPS) is 15.9. The van der Waals surface area contributed by atoms with E-state index in [9.17, 15) is 9.90 Å². The first kappa shape index (κ1) is 13.8. The summed E-state index contributed by atoms with van der Waals surface area (Å²) >= 11 is 1.66. The van der Waals surface area contributed by atoms with Crippen molar-refractivity contribution in [3.05, 3.63) is 59.2 Å². The molecular formula is C17H14O3S. The van der Waals surface area contributed by atoms with E-state index in [2.05, 4.69) is 0 Å². The Bertz CT molecular complexity index is 735. The van der Waals surface area contributed by atoms with Gasteiger partial charge in [0.25, 0.3) is 0 Å². The molecule has 0 aromatic heterocycles. The van der Waals surface area contributed by atoms with Crippen LogP contribution in [0.1, 0.15) is 15.9 Å². The molecule has 3 nitrogen and oxygen atoms in total. The van der Waals surface area contributed by atoms with Crippen molar-refractivity contribution in [2.24, 2.45) is 0 Å². The highest BCUT2D eigenvalue weighted by Gasteiger charge is 2.21. The first-order valence-corrected chi connectivity index (χ1v) is 7.51. The second-order valence-electron chi connectivity index (χ2n) is 4.71. The van der Waals surface area contributed by atoms with Crippen LogP contribution in [-0.4, -0.2) is 23.8 Å². The fourth-order valence-electron chi connectivity index (χ4n) is 2.28. The second-order valence-corrected chi connectivity index (χ2v) is 5.73. The van der Waals surface area contributed by atoms with Gasteiger partial charge in [0.05, 0.1) is 7.11 Å². The first-order valence-electron chi connectivity index (χ1n) is 6.53. The fraction of sp³-hybridized carbons (Fsp3) is 0.118. The number of phenols is 1. The second kappa shape index (κ2) is 5.66. The van der Waals surface area contributed by atoms with E-state index >= 15 is 0 Å². The third-order valence-electron chi connectivity index (χ3n) is 3.35. The highest BCUT2D eigenvalue weighted by atomic mass is 32.2. The van der Waals surface area contributed by atoms with Gasteiger partial charge in [0, 0.05) is 21.8 Å². The zero-order valence-electron chi connectivity index (χ0n) is 11.5. The van der Waals surface area contributed by atoms with E-state index in [0.717, 1.165) is 21.6 Å². The number of phenolic OH excluding ortho intramolecular Hbond substituents is 1. The van der Waals surface area contributed by atoms with Crippen LogP contribution in [0.4, 0.5) is 0 Å². The molecule has 1 aliphatic heterocycles. The molecule has 0 unspecified atom stereocenters. The van der Waals surface area contributed by atoms with Crippen LogP contribution >= 0.6 is 11.8 Å². The maximum atomic E-state index is 12.5. The van der Waals surface area contributed by atoms with Crippen LogP contribution in [0, 0.1) is 0 Å². The van der Waals surface area contributed by atoms with Crippen molar-refractivity contribution in [3.63, 3.8) is 0 Å². The van der Waals surface area contributed by atoms with E-state index in [1.807, 2.05) is 36.4 Å².